The van der Waals surface area contributed by atoms with E-state index in [1.165, 1.54) is 0 Å². The van der Waals surface area contributed by atoms with E-state index >= 15 is 0 Å². The Morgan fingerprint density at radius 2 is 0.640 bits per heavy atom. The lowest BCUT2D eigenvalue weighted by atomic mass is 10.0. The molecule has 0 aromatic rings. The largest absolute Gasteiger partial charge is 0.480 e. The zero-order valence-electron chi connectivity index (χ0n) is 57.0. The van der Waals surface area contributed by atoms with E-state index in [1.807, 2.05) is 0 Å². The number of guanidine groups is 2. The number of carboxylic acid groups (broad SMARTS) is 1. The highest BCUT2D eigenvalue weighted by atomic mass is 32.1. The number of amides is 14. The van der Waals surface area contributed by atoms with Gasteiger partial charge in [0.15, 0.2) is 11.9 Å². The van der Waals surface area contributed by atoms with Crippen molar-refractivity contribution in [3.63, 3.8) is 0 Å². The van der Waals surface area contributed by atoms with Gasteiger partial charge in [-0.25, -0.2) is 4.79 Å². The molecule has 34 N–H and O–H groups in total. The molecule has 0 aliphatic carbocycles. The summed E-state index contributed by atoms with van der Waals surface area (Å²) in [5.41, 5.74) is 50.2. The quantitative estimate of drug-likeness (QED) is 0.0116. The van der Waals surface area contributed by atoms with Crippen LogP contribution in [0, 0.1) is 22.7 Å². The molecule has 14 amide bonds. The van der Waals surface area contributed by atoms with Gasteiger partial charge in [0.1, 0.15) is 66.5 Å². The average molecular weight is 1460 g/mol. The fourth-order valence-corrected chi connectivity index (χ4v) is 9.87. The minimum absolute atomic E-state index is 0.00480. The van der Waals surface area contributed by atoms with Crippen molar-refractivity contribution in [2.45, 2.75) is 203 Å². The molecular weight excluding hydrogens is 1350 g/mol. The predicted molar refractivity (Wildman–Crippen MR) is 373 cm³/mol. The lowest BCUT2D eigenvalue weighted by Crippen LogP contribution is -2.62. The number of carbonyl (C=O) groups excluding carboxylic acids is 14. The van der Waals surface area contributed by atoms with E-state index in [0.717, 1.165) is 0 Å². The topological polar surface area (TPSA) is 715 Å². The van der Waals surface area contributed by atoms with E-state index in [0.29, 0.717) is 32.2 Å². The van der Waals surface area contributed by atoms with Crippen LogP contribution in [0.5, 0.6) is 0 Å². The minimum Gasteiger partial charge on any atom is -0.480 e. The highest BCUT2D eigenvalue weighted by Gasteiger charge is 2.38. The fraction of sp³-hybridized carbons (Fsp3) is 0.707. The second-order valence-corrected chi connectivity index (χ2v) is 24.9. The van der Waals surface area contributed by atoms with Gasteiger partial charge in [-0.15, -0.1) is 0 Å². The molecule has 0 saturated heterocycles. The average Bonchev–Trinajstić information content (AvgIpc) is 0.860. The van der Waals surface area contributed by atoms with Crippen LogP contribution in [-0.2, 0) is 71.9 Å². The van der Waals surface area contributed by atoms with Crippen molar-refractivity contribution in [2.24, 2.45) is 63.4 Å². The van der Waals surface area contributed by atoms with Gasteiger partial charge < -0.3 is 126 Å². The van der Waals surface area contributed by atoms with Crippen molar-refractivity contribution >= 4 is 126 Å². The normalized spacial score (nSPS) is 14.6. The SMILES string of the molecule is CC(C)[C@H](NC(=O)[C@H](CCCNC(=N)N)NC(=O)[C@H](CCCN)NC(=O)[C@H](CC(N)=O)NC(=O)[C@H](CC(N)=O)NC(=O)[C@H](CCC(N)=O)NC(=O)[C@H](CCCNC(=N)N)NC(=O)[C@@H](NC(=O)[C@H](CS)NC(=O)[C@@H](N)CCCCN)C(C)C)C(=O)N[C@@H](CS)C(=O)N[C@@H](CCCCN)C(=O)O. The van der Waals surface area contributed by atoms with Gasteiger partial charge in [0.25, 0.3) is 0 Å². The first-order valence-corrected chi connectivity index (χ1v) is 33.9. The maximum absolute atomic E-state index is 14.3. The Bertz CT molecular complexity index is 2770. The Labute approximate surface area is 591 Å². The molecule has 568 valence electrons. The van der Waals surface area contributed by atoms with Gasteiger partial charge in [0, 0.05) is 31.0 Å². The van der Waals surface area contributed by atoms with Crippen molar-refractivity contribution in [3.05, 3.63) is 0 Å². The van der Waals surface area contributed by atoms with Gasteiger partial charge in [-0.05, 0) is 109 Å². The number of unbranched alkanes of at least 4 members (excludes halogenated alkanes) is 2. The number of thiol groups is 2. The molecule has 0 bridgehead atoms. The Balaban J connectivity index is 7.12. The smallest absolute Gasteiger partial charge is 0.326 e. The highest BCUT2D eigenvalue weighted by molar-refractivity contribution is 7.80. The van der Waals surface area contributed by atoms with Crippen molar-refractivity contribution in [1.82, 2.24) is 69.1 Å². The molecule has 0 fully saturated rings. The Morgan fingerprint density at radius 1 is 0.350 bits per heavy atom. The summed E-state index contributed by atoms with van der Waals surface area (Å²) in [5, 5.41) is 56.6. The number of aliphatic carboxylic acids is 1. The molecule has 0 aromatic heterocycles. The van der Waals surface area contributed by atoms with E-state index in [2.05, 4.69) is 94.4 Å². The molecule has 12 atom stereocenters. The van der Waals surface area contributed by atoms with E-state index in [1.54, 1.807) is 27.7 Å². The molecule has 0 saturated carbocycles. The summed E-state index contributed by atoms with van der Waals surface area (Å²) in [7, 11) is 0. The molecule has 0 heterocycles. The van der Waals surface area contributed by atoms with Crippen LogP contribution in [0.2, 0.25) is 0 Å². The Kier molecular flexibility index (Phi) is 45.2. The molecule has 0 rings (SSSR count). The monoisotopic (exact) mass is 1460 g/mol. The zero-order valence-corrected chi connectivity index (χ0v) is 58.8. The number of primary amides is 3. The molecule has 40 nitrogen and oxygen atoms in total. The van der Waals surface area contributed by atoms with Crippen molar-refractivity contribution in [3.8, 4) is 0 Å². The van der Waals surface area contributed by atoms with Crippen LogP contribution in [0.4, 0.5) is 0 Å². The third-order valence-electron chi connectivity index (χ3n) is 14.9. The first-order chi connectivity index (χ1) is 47.0. The van der Waals surface area contributed by atoms with E-state index in [4.69, 9.17) is 62.4 Å². The summed E-state index contributed by atoms with van der Waals surface area (Å²) in [4.78, 5) is 202. The second kappa shape index (κ2) is 49.6. The standard InChI is InChI=1S/C58H108N24O16S2/c1-28(2)43(82-53(94)39(27-100)79-45(86)30(62)12-5-7-19-59)54(95)75-32(15-10-22-70-57(66)67)47(88)74-34(17-18-40(63)83)48(89)77-37(25-42(65)85)51(92)78-36(24-41(64)84)50(91)73-31(14-9-21-61)46(87)72-33(16-11-23-71-58(68)69)49(90)81-44(29(3)4)55(96)80-38(26-99)52(93)76-35(56(97)98)13-6-8-20-60/h28-39,43-44,99-100H,5-27,59-62H2,1-4H3,(H2,63,83)(H2,64,84)(H2,65,85)(H,72,87)(H,73,91)(H,74,88)(H,75,95)(H,76,93)(H,77,89)(H,78,92)(H,79,86)(H,80,96)(H,81,90)(H,82,94)(H,97,98)(H4,66,67,70)(H4,68,69,71)/t30-,31-,32-,33-,34-,35-,36-,37-,38-,39-,43-,44-/m0/s1. The van der Waals surface area contributed by atoms with Gasteiger partial charge in [-0.1, -0.05) is 34.1 Å². The number of nitrogens with two attached hydrogens (primary N) is 9. The predicted octanol–water partition coefficient (Wildman–Crippen LogP) is -9.56. The van der Waals surface area contributed by atoms with E-state index in [-0.39, 0.29) is 89.1 Å². The summed E-state index contributed by atoms with van der Waals surface area (Å²) in [6.45, 7) is 6.78. The van der Waals surface area contributed by atoms with E-state index < -0.39 is 211 Å². The van der Waals surface area contributed by atoms with Crippen LogP contribution in [0.15, 0.2) is 0 Å². The van der Waals surface area contributed by atoms with Gasteiger partial charge >= 0.3 is 5.97 Å². The third-order valence-corrected chi connectivity index (χ3v) is 15.7. The van der Waals surface area contributed by atoms with Crippen molar-refractivity contribution in [2.75, 3.05) is 44.2 Å². The first-order valence-electron chi connectivity index (χ1n) is 32.6. The van der Waals surface area contributed by atoms with Crippen LogP contribution >= 0.6 is 25.3 Å². The summed E-state index contributed by atoms with van der Waals surface area (Å²) >= 11 is 8.35. The van der Waals surface area contributed by atoms with Crippen LogP contribution in [-0.4, -0.2) is 222 Å². The molecule has 0 aliphatic heterocycles. The van der Waals surface area contributed by atoms with Crippen LogP contribution in [0.25, 0.3) is 0 Å². The van der Waals surface area contributed by atoms with Crippen LogP contribution in [0.3, 0.4) is 0 Å². The molecule has 0 aromatic carbocycles. The summed E-state index contributed by atoms with van der Waals surface area (Å²) in [6.07, 6.45) is -1.54. The van der Waals surface area contributed by atoms with Gasteiger partial charge in [-0.3, -0.25) is 77.9 Å². The van der Waals surface area contributed by atoms with Crippen molar-refractivity contribution in [1.29, 1.82) is 10.8 Å². The highest BCUT2D eigenvalue weighted by Crippen LogP contribution is 2.12. The minimum atomic E-state index is -2.05. The number of nitrogens with one attached hydrogen (secondary N) is 15. The number of hydrogen-bond donors (Lipinski definition) is 27. The number of rotatable bonds is 53. The lowest BCUT2D eigenvalue weighted by molar-refractivity contribution is -0.142. The Hall–Kier alpha value is -8.87. The molecule has 0 unspecified atom stereocenters. The van der Waals surface area contributed by atoms with Gasteiger partial charge in [0.05, 0.1) is 18.9 Å². The number of carbonyl (C=O) groups is 15. The van der Waals surface area contributed by atoms with Gasteiger partial charge in [-0.2, -0.15) is 25.3 Å². The van der Waals surface area contributed by atoms with Crippen molar-refractivity contribution < 1.29 is 77.0 Å². The Morgan fingerprint density at radius 3 is 0.990 bits per heavy atom. The van der Waals surface area contributed by atoms with E-state index in [9.17, 15) is 77.0 Å². The molecular formula is C58H108N24O16S2. The maximum Gasteiger partial charge on any atom is 0.326 e. The summed E-state index contributed by atoms with van der Waals surface area (Å²) in [6, 6.07) is -18.4. The summed E-state index contributed by atoms with van der Waals surface area (Å²) < 4.78 is 0. The van der Waals surface area contributed by atoms with Crippen LogP contribution in [0.1, 0.15) is 130 Å². The fourth-order valence-electron chi connectivity index (χ4n) is 9.35. The number of hydrogen-bond acceptors (Lipinski definition) is 23. The first kappa shape index (κ1) is 91.1. The molecule has 0 radical (unpaired) electrons. The zero-order chi connectivity index (χ0) is 76.4. The molecule has 0 spiro atoms. The van der Waals surface area contributed by atoms with Gasteiger partial charge in [0.2, 0.25) is 82.7 Å². The number of carboxylic acids is 1. The van der Waals surface area contributed by atoms with Crippen LogP contribution < -0.4 is 121 Å². The third kappa shape index (κ3) is 37.4. The molecule has 100 heavy (non-hydrogen) atoms. The lowest BCUT2D eigenvalue weighted by Gasteiger charge is -2.29. The molecule has 0 aliphatic rings. The molecule has 42 heteroatoms. The second-order valence-electron chi connectivity index (χ2n) is 24.1. The summed E-state index contributed by atoms with van der Waals surface area (Å²) in [5.74, 6) is -18.8. The maximum atomic E-state index is 14.3.